The molecule has 1 fully saturated rings. The van der Waals surface area contributed by atoms with Gasteiger partial charge in [-0.05, 0) is 82.4 Å². The van der Waals surface area contributed by atoms with Crippen LogP contribution < -0.4 is 0 Å². The number of hydrogen-bond donors (Lipinski definition) is 1. The molecule has 0 aliphatic carbocycles. The van der Waals surface area contributed by atoms with Gasteiger partial charge in [-0.1, -0.05) is 115 Å². The molecule has 4 atom stereocenters. The summed E-state index contributed by atoms with van der Waals surface area (Å²) >= 11 is 0. The lowest BCUT2D eigenvalue weighted by Gasteiger charge is -2.39. The number of hydrogen-bond acceptors (Lipinski definition) is 6. The molecule has 6 aromatic rings. The number of carbonyl (C=O) groups excluding carboxylic acids is 2. The molecule has 7 nitrogen and oxygen atoms in total. The number of imide groups is 1. The Hall–Kier alpha value is -5.44. The van der Waals surface area contributed by atoms with Gasteiger partial charge in [0.25, 0.3) is 11.8 Å². The molecule has 0 spiro atoms. The van der Waals surface area contributed by atoms with E-state index in [9.17, 15) is 14.7 Å². The first-order valence-electron chi connectivity index (χ1n) is 18.2. The van der Waals surface area contributed by atoms with Crippen molar-refractivity contribution < 1.29 is 24.2 Å². The molecule has 53 heavy (non-hydrogen) atoms. The normalized spacial score (nSPS) is 19.2. The number of aliphatic hydroxyl groups is 1. The second-order valence-electron chi connectivity index (χ2n) is 14.1. The van der Waals surface area contributed by atoms with Crippen molar-refractivity contribution >= 4 is 22.6 Å². The maximum absolute atomic E-state index is 13.0. The van der Waals surface area contributed by atoms with E-state index in [2.05, 4.69) is 73.5 Å². The summed E-state index contributed by atoms with van der Waals surface area (Å²) in [6.07, 6.45) is -0.159. The molecule has 0 saturated carbocycles. The minimum absolute atomic E-state index is 0.00432. The fourth-order valence-electron chi connectivity index (χ4n) is 7.48. The maximum atomic E-state index is 13.0. The summed E-state index contributed by atoms with van der Waals surface area (Å²) < 4.78 is 13.4. The molecule has 0 unspecified atom stereocenters. The highest BCUT2D eigenvalue weighted by molar-refractivity contribution is 6.21. The van der Waals surface area contributed by atoms with Crippen LogP contribution in [-0.4, -0.2) is 46.4 Å². The van der Waals surface area contributed by atoms with E-state index in [0.29, 0.717) is 17.5 Å². The molecule has 7 heteroatoms. The van der Waals surface area contributed by atoms with Crippen LogP contribution in [0.15, 0.2) is 140 Å². The minimum atomic E-state index is -0.574. The van der Waals surface area contributed by atoms with Crippen LogP contribution >= 0.6 is 0 Å². The Morgan fingerprint density at radius 2 is 1.38 bits per heavy atom. The van der Waals surface area contributed by atoms with E-state index in [1.54, 1.807) is 24.3 Å². The minimum Gasteiger partial charge on any atom is -0.392 e. The predicted octanol–water partition coefficient (Wildman–Crippen LogP) is 9.03. The van der Waals surface area contributed by atoms with Gasteiger partial charge in [-0.2, -0.15) is 0 Å². The molecule has 266 valence electrons. The van der Waals surface area contributed by atoms with Crippen LogP contribution in [0.2, 0.25) is 0 Å². The van der Waals surface area contributed by atoms with Crippen LogP contribution in [0.25, 0.3) is 21.9 Å². The Labute approximate surface area is 310 Å². The molecule has 2 amide bonds. The van der Waals surface area contributed by atoms with Gasteiger partial charge < -0.3 is 14.6 Å². The Morgan fingerprint density at radius 1 is 0.698 bits per heavy atom. The number of benzene rings is 6. The molecule has 1 N–H and O–H groups in total. The van der Waals surface area contributed by atoms with Gasteiger partial charge >= 0.3 is 0 Å². The third-order valence-electron chi connectivity index (χ3n) is 10.7. The monoisotopic (exact) mass is 702 g/mol. The fraction of sp³-hybridized carbons (Fsp3) is 0.217. The van der Waals surface area contributed by atoms with Gasteiger partial charge in [0.1, 0.15) is 0 Å². The number of likely N-dealkylation sites (N-methyl/N-ethyl adjacent to an activating group) is 1. The molecule has 8 rings (SSSR count). The van der Waals surface area contributed by atoms with Gasteiger partial charge in [0, 0.05) is 24.6 Å². The Kier molecular flexibility index (Phi) is 9.73. The van der Waals surface area contributed by atoms with Crippen molar-refractivity contribution in [2.75, 3.05) is 13.6 Å². The van der Waals surface area contributed by atoms with Crippen molar-refractivity contribution in [1.29, 1.82) is 0 Å². The van der Waals surface area contributed by atoms with Crippen molar-refractivity contribution in [3.05, 3.63) is 178 Å². The highest BCUT2D eigenvalue weighted by Crippen LogP contribution is 2.39. The third-order valence-corrected chi connectivity index (χ3v) is 10.7. The summed E-state index contributed by atoms with van der Waals surface area (Å²) in [5.41, 5.74) is 7.87. The highest BCUT2D eigenvalue weighted by atomic mass is 16.7. The third kappa shape index (κ3) is 7.17. The van der Waals surface area contributed by atoms with E-state index in [0.717, 1.165) is 39.9 Å². The number of aliphatic hydroxyl groups excluding tert-OH is 1. The van der Waals surface area contributed by atoms with Gasteiger partial charge in [-0.15, -0.1) is 0 Å². The first kappa shape index (κ1) is 34.6. The van der Waals surface area contributed by atoms with Gasteiger partial charge in [0.05, 0.1) is 36.5 Å². The number of nitrogens with zero attached hydrogens (tertiary/aromatic N) is 2. The predicted molar refractivity (Wildman–Crippen MR) is 206 cm³/mol. The van der Waals surface area contributed by atoms with Crippen LogP contribution in [0.1, 0.15) is 80.3 Å². The maximum Gasteiger partial charge on any atom is 0.261 e. The number of amides is 2. The molecule has 0 aromatic heterocycles. The summed E-state index contributed by atoms with van der Waals surface area (Å²) in [7, 11) is 2.15. The van der Waals surface area contributed by atoms with Crippen molar-refractivity contribution in [3.8, 4) is 11.1 Å². The van der Waals surface area contributed by atoms with Crippen molar-refractivity contribution in [2.24, 2.45) is 0 Å². The van der Waals surface area contributed by atoms with Crippen LogP contribution in [0.3, 0.4) is 0 Å². The zero-order valence-corrected chi connectivity index (χ0v) is 29.9. The number of ether oxygens (including phenoxy) is 2. The molecule has 0 bridgehead atoms. The first-order valence-corrected chi connectivity index (χ1v) is 18.2. The van der Waals surface area contributed by atoms with E-state index in [4.69, 9.17) is 9.47 Å². The van der Waals surface area contributed by atoms with Gasteiger partial charge in [0.2, 0.25) is 0 Å². The summed E-state index contributed by atoms with van der Waals surface area (Å²) in [5, 5.41) is 12.1. The lowest BCUT2D eigenvalue weighted by Crippen LogP contribution is -2.38. The second kappa shape index (κ2) is 14.9. The van der Waals surface area contributed by atoms with E-state index >= 15 is 0 Å². The largest absolute Gasteiger partial charge is 0.392 e. The Bertz CT molecular complexity index is 2230. The molecular formula is C46H42N2O5. The number of carbonyl (C=O) groups is 2. The zero-order valence-electron chi connectivity index (χ0n) is 29.9. The van der Waals surface area contributed by atoms with E-state index in [-0.39, 0.29) is 43.2 Å². The Morgan fingerprint density at radius 3 is 2.09 bits per heavy atom. The van der Waals surface area contributed by atoms with Crippen LogP contribution in [0.4, 0.5) is 0 Å². The average molecular weight is 703 g/mol. The molecule has 2 heterocycles. The van der Waals surface area contributed by atoms with E-state index in [1.165, 1.54) is 21.2 Å². The van der Waals surface area contributed by atoms with Crippen LogP contribution in [-0.2, 0) is 22.6 Å². The molecule has 2 aliphatic heterocycles. The topological polar surface area (TPSA) is 79.3 Å². The number of rotatable bonds is 10. The molecule has 6 aromatic carbocycles. The van der Waals surface area contributed by atoms with Crippen molar-refractivity contribution in [1.82, 2.24) is 9.80 Å². The molecule has 2 aliphatic rings. The van der Waals surface area contributed by atoms with Gasteiger partial charge in [0.15, 0.2) is 6.29 Å². The smallest absolute Gasteiger partial charge is 0.261 e. The fourth-order valence-corrected chi connectivity index (χ4v) is 7.48. The zero-order chi connectivity index (χ0) is 36.5. The van der Waals surface area contributed by atoms with Crippen LogP contribution in [0.5, 0.6) is 0 Å². The summed E-state index contributed by atoms with van der Waals surface area (Å²) in [6, 6.07) is 46.4. The molecular weight excluding hydrogens is 661 g/mol. The quantitative estimate of drug-likeness (QED) is 0.144. The standard InChI is InChI=1S/C46H42N2O5/c1-30(37-23-20-33-9-3-4-10-39(33)25-37)47(2)28-40-26-43(35-16-14-31(29-49)15-17-35)53-46(52-40)36-21-18-34(19-22-36)38-11-7-8-32(24-38)27-48-44(50)41-12-5-6-13-42(41)45(48)51/h3-25,30,40,43,46,49H,26-29H2,1-2H3/t30-,40-,43+,46+/m1/s1. The molecule has 0 radical (unpaired) electrons. The lowest BCUT2D eigenvalue weighted by molar-refractivity contribution is -0.253. The summed E-state index contributed by atoms with van der Waals surface area (Å²) in [4.78, 5) is 29.6. The van der Waals surface area contributed by atoms with Gasteiger partial charge in [-0.3, -0.25) is 19.4 Å². The second-order valence-corrected chi connectivity index (χ2v) is 14.1. The first-order chi connectivity index (χ1) is 25.8. The van der Waals surface area contributed by atoms with E-state index in [1.807, 2.05) is 60.7 Å². The lowest BCUT2D eigenvalue weighted by atomic mass is 9.98. The average Bonchev–Trinajstić information content (AvgIpc) is 3.45. The van der Waals surface area contributed by atoms with Crippen molar-refractivity contribution in [2.45, 2.75) is 51.0 Å². The van der Waals surface area contributed by atoms with Crippen LogP contribution in [0, 0.1) is 0 Å². The SMILES string of the molecule is C[C@H](c1ccc2ccccc2c1)N(C)C[C@H]1C[C@@H](c2ccc(CO)cc2)O[C@@H](c2ccc(-c3cccc(CN4C(=O)c5ccccc5C4=O)c3)cc2)O1. The van der Waals surface area contributed by atoms with E-state index < -0.39 is 6.29 Å². The molecule has 1 saturated heterocycles. The summed E-state index contributed by atoms with van der Waals surface area (Å²) in [5.74, 6) is -0.522. The van der Waals surface area contributed by atoms with Crippen molar-refractivity contribution in [3.63, 3.8) is 0 Å². The number of fused-ring (bicyclic) bond motifs is 2. The summed E-state index contributed by atoms with van der Waals surface area (Å²) in [6.45, 7) is 3.16. The Balaban J connectivity index is 0.998. The highest BCUT2D eigenvalue weighted by Gasteiger charge is 2.35. The van der Waals surface area contributed by atoms with Gasteiger partial charge in [-0.25, -0.2) is 0 Å².